The quantitative estimate of drug-likeness (QED) is 0.0738. The van der Waals surface area contributed by atoms with Gasteiger partial charge < -0.3 is 35.5 Å². The van der Waals surface area contributed by atoms with E-state index in [1.54, 1.807) is 70.2 Å². The van der Waals surface area contributed by atoms with Crippen LogP contribution in [0.4, 0.5) is 4.79 Å². The van der Waals surface area contributed by atoms with Crippen LogP contribution in [0, 0.1) is 5.92 Å². The molecule has 16 heteroatoms. The van der Waals surface area contributed by atoms with Crippen LogP contribution in [-0.4, -0.2) is 87.8 Å². The molecule has 15 nitrogen and oxygen atoms in total. The molecule has 0 saturated heterocycles. The van der Waals surface area contributed by atoms with Gasteiger partial charge in [-0.3, -0.25) is 19.2 Å². The van der Waals surface area contributed by atoms with Crippen LogP contribution in [0.2, 0.25) is 0 Å². The fourth-order valence-corrected chi connectivity index (χ4v) is 6.03. The number of amides is 4. The van der Waals surface area contributed by atoms with Gasteiger partial charge in [0.2, 0.25) is 17.7 Å². The molecule has 0 aliphatic heterocycles. The van der Waals surface area contributed by atoms with Crippen LogP contribution < -0.4 is 21.3 Å². The normalized spacial score (nSPS) is 13.4. The van der Waals surface area contributed by atoms with E-state index in [0.29, 0.717) is 11.1 Å². The highest BCUT2D eigenvalue weighted by molar-refractivity contribution is 7.93. The Balaban J connectivity index is 1.96. The van der Waals surface area contributed by atoms with E-state index in [-0.39, 0.29) is 26.2 Å². The first-order chi connectivity index (χ1) is 27.0. The number of esters is 2. The van der Waals surface area contributed by atoms with Crippen LogP contribution in [0.25, 0.3) is 10.8 Å². The summed E-state index contributed by atoms with van der Waals surface area (Å²) in [7, 11) is -3.64. The Morgan fingerprint density at radius 3 is 2.05 bits per heavy atom. The van der Waals surface area contributed by atoms with Crippen molar-refractivity contribution in [1.29, 1.82) is 0 Å². The lowest BCUT2D eigenvalue weighted by molar-refractivity contribution is -0.143. The summed E-state index contributed by atoms with van der Waals surface area (Å²) in [6, 6.07) is 16.0. The molecule has 0 saturated carbocycles. The van der Waals surface area contributed by atoms with Gasteiger partial charge in [0.05, 0.1) is 31.2 Å². The minimum atomic E-state index is -3.64. The van der Waals surface area contributed by atoms with Crippen molar-refractivity contribution in [2.24, 2.45) is 5.92 Å². The number of ether oxygens (including phenoxy) is 3. The molecule has 3 aromatic rings. The molecule has 57 heavy (non-hydrogen) atoms. The number of fused-ring (bicyclic) bond motifs is 1. The van der Waals surface area contributed by atoms with E-state index in [9.17, 15) is 37.2 Å². The monoisotopic (exact) mass is 806 g/mol. The van der Waals surface area contributed by atoms with Gasteiger partial charge in [0.25, 0.3) is 0 Å². The Labute approximate surface area is 332 Å². The first kappa shape index (κ1) is 45.4. The second-order valence-corrected chi connectivity index (χ2v) is 15.2. The molecule has 0 heterocycles. The third-order valence-electron chi connectivity index (χ3n) is 8.38. The predicted octanol–water partition coefficient (Wildman–Crippen LogP) is 3.42. The Morgan fingerprint density at radius 1 is 0.754 bits per heavy atom. The van der Waals surface area contributed by atoms with Gasteiger partial charge in [-0.05, 0) is 41.7 Å². The zero-order valence-corrected chi connectivity index (χ0v) is 33.4. The molecule has 0 aliphatic carbocycles. The highest BCUT2D eigenvalue weighted by Crippen LogP contribution is 2.20. The fourth-order valence-electron chi connectivity index (χ4n) is 5.56. The lowest BCUT2D eigenvalue weighted by atomic mass is 9.96. The van der Waals surface area contributed by atoms with Gasteiger partial charge in [0.15, 0.2) is 9.84 Å². The van der Waals surface area contributed by atoms with Crippen molar-refractivity contribution in [1.82, 2.24) is 21.3 Å². The molecule has 0 fully saturated rings. The number of hydrogen-bond acceptors (Lipinski definition) is 11. The van der Waals surface area contributed by atoms with Crippen molar-refractivity contribution in [3.63, 3.8) is 0 Å². The first-order valence-electron chi connectivity index (χ1n) is 18.3. The zero-order valence-electron chi connectivity index (χ0n) is 32.6. The molecule has 306 valence electrons. The smallest absolute Gasteiger partial charge is 0.408 e. The van der Waals surface area contributed by atoms with E-state index in [4.69, 9.17) is 14.2 Å². The van der Waals surface area contributed by atoms with Crippen molar-refractivity contribution < 1.29 is 51.4 Å². The second-order valence-electron chi connectivity index (χ2n) is 13.3. The second kappa shape index (κ2) is 21.9. The van der Waals surface area contributed by atoms with E-state index >= 15 is 0 Å². The molecule has 0 spiro atoms. The Hall–Kier alpha value is -6.03. The molecule has 3 rings (SSSR count). The van der Waals surface area contributed by atoms with E-state index in [0.717, 1.165) is 28.5 Å². The molecular weight excluding hydrogens is 757 g/mol. The topological polar surface area (TPSA) is 212 Å². The Morgan fingerprint density at radius 2 is 1.40 bits per heavy atom. The predicted molar refractivity (Wildman–Crippen MR) is 213 cm³/mol. The number of rotatable bonds is 20. The van der Waals surface area contributed by atoms with Crippen molar-refractivity contribution in [2.45, 2.75) is 71.3 Å². The maximum Gasteiger partial charge on any atom is 0.408 e. The van der Waals surface area contributed by atoms with Gasteiger partial charge in [-0.1, -0.05) is 99.3 Å². The summed E-state index contributed by atoms with van der Waals surface area (Å²) >= 11 is 0. The van der Waals surface area contributed by atoms with Crippen LogP contribution in [0.3, 0.4) is 0 Å². The fraction of sp³-hybridized carbons (Fsp3) is 0.366. The summed E-state index contributed by atoms with van der Waals surface area (Å²) in [4.78, 5) is 80.1. The minimum Gasteiger partial charge on any atom is -0.466 e. The van der Waals surface area contributed by atoms with Gasteiger partial charge in [-0.25, -0.2) is 18.0 Å². The molecule has 0 aliphatic rings. The van der Waals surface area contributed by atoms with E-state index in [1.807, 2.05) is 30.3 Å². The summed E-state index contributed by atoms with van der Waals surface area (Å²) in [5, 5.41) is 12.8. The Kier molecular flexibility index (Phi) is 17.4. The lowest BCUT2D eigenvalue weighted by Crippen LogP contribution is -2.59. The third-order valence-corrected chi connectivity index (χ3v) is 9.04. The highest BCUT2D eigenvalue weighted by atomic mass is 32.2. The average molecular weight is 807 g/mol. The maximum atomic E-state index is 14.3. The third kappa shape index (κ3) is 14.9. The van der Waals surface area contributed by atoms with Gasteiger partial charge >= 0.3 is 18.0 Å². The molecule has 4 amide bonds. The van der Waals surface area contributed by atoms with Gasteiger partial charge in [-0.15, -0.1) is 0 Å². The SMILES string of the molecule is C=C(C(=O)OCC)[C@H](NC(=O)OCc1ccccc1)C(=O)N[C@@H](Cc1cccc2ccccc12)C(=O)NC(C(=O)N[C@H](/C=C/S(C)(=O)=O)CC(=O)OCC)C(C)C. The van der Waals surface area contributed by atoms with Crippen LogP contribution in [0.5, 0.6) is 0 Å². The molecular formula is C41H50N4O11S. The number of carbonyl (C=O) groups excluding carboxylic acids is 6. The lowest BCUT2D eigenvalue weighted by Gasteiger charge is -2.28. The number of carbonyl (C=O) groups is 6. The summed E-state index contributed by atoms with van der Waals surface area (Å²) in [6.07, 6.45) is 0.533. The summed E-state index contributed by atoms with van der Waals surface area (Å²) in [5.74, 6) is -4.79. The Bertz CT molecular complexity index is 2050. The molecule has 0 radical (unpaired) electrons. The van der Waals surface area contributed by atoms with Crippen molar-refractivity contribution in [3.05, 3.63) is 108 Å². The van der Waals surface area contributed by atoms with Gasteiger partial charge in [0, 0.05) is 18.1 Å². The molecule has 4 N–H and O–H groups in total. The molecule has 3 aromatic carbocycles. The van der Waals surface area contributed by atoms with E-state index in [2.05, 4.69) is 27.8 Å². The maximum absolute atomic E-state index is 14.3. The minimum absolute atomic E-state index is 0.0554. The molecule has 1 unspecified atom stereocenters. The first-order valence-corrected chi connectivity index (χ1v) is 20.2. The van der Waals surface area contributed by atoms with Crippen molar-refractivity contribution in [2.75, 3.05) is 19.5 Å². The zero-order chi connectivity index (χ0) is 42.1. The van der Waals surface area contributed by atoms with Crippen LogP contribution in [-0.2, 0) is 61.0 Å². The summed E-state index contributed by atoms with van der Waals surface area (Å²) in [6.45, 7) is 10.00. The van der Waals surface area contributed by atoms with Crippen molar-refractivity contribution in [3.8, 4) is 0 Å². The number of hydrogen-bond donors (Lipinski definition) is 4. The largest absolute Gasteiger partial charge is 0.466 e. The molecule has 4 atom stereocenters. The highest BCUT2D eigenvalue weighted by Gasteiger charge is 2.35. The standard InChI is InChI=1S/C41H50N4O11S/c1-7-54-34(46)24-31(21-22-57(6,52)53)42-38(48)35(26(3)4)44-37(47)33(23-30-19-14-18-29-17-12-13-20-32(29)30)43-39(49)36(27(5)40(50)55-8-2)45-41(51)56-25-28-15-10-9-11-16-28/h9-22,26,31,33,35-36H,5,7-8,23-25H2,1-4,6H3,(H,42,48)(H,43,49)(H,44,47)(H,45,51)/b22-21+/t31-,33+,35?,36+/m1/s1. The average Bonchev–Trinajstić information content (AvgIpc) is 3.16. The van der Waals surface area contributed by atoms with Crippen LogP contribution >= 0.6 is 0 Å². The van der Waals surface area contributed by atoms with E-state index in [1.165, 1.54) is 0 Å². The van der Waals surface area contributed by atoms with Crippen LogP contribution in [0.1, 0.15) is 45.2 Å². The number of nitrogens with one attached hydrogen (secondary N) is 4. The van der Waals surface area contributed by atoms with Gasteiger partial charge in [0.1, 0.15) is 24.7 Å². The number of sulfone groups is 1. The van der Waals surface area contributed by atoms with Crippen LogP contribution in [0.15, 0.2) is 96.4 Å². The molecule has 0 bridgehead atoms. The molecule has 0 aromatic heterocycles. The van der Waals surface area contributed by atoms with Gasteiger partial charge in [-0.2, -0.15) is 0 Å². The summed E-state index contributed by atoms with van der Waals surface area (Å²) < 4.78 is 39.0. The summed E-state index contributed by atoms with van der Waals surface area (Å²) in [5.41, 5.74) is 0.868. The van der Waals surface area contributed by atoms with E-state index < -0.39 is 87.7 Å². The number of alkyl carbamates (subject to hydrolysis) is 1. The van der Waals surface area contributed by atoms with Crippen molar-refractivity contribution >= 4 is 56.4 Å². The number of benzene rings is 3.